The normalized spacial score (nSPS) is 19.3. The average molecular weight is 270 g/mol. The smallest absolute Gasteiger partial charge is 0.318 e. The summed E-state index contributed by atoms with van der Waals surface area (Å²) in [6.45, 7) is 1.61. The largest absolute Gasteiger partial charge is 0.471 e. The summed E-state index contributed by atoms with van der Waals surface area (Å²) in [5.74, 6) is -1.93. The molecule has 0 spiro atoms. The zero-order valence-electron chi connectivity index (χ0n) is 10.1. The minimum Gasteiger partial charge on any atom is -0.318 e. The zero-order valence-corrected chi connectivity index (χ0v) is 10.1. The molecule has 0 unspecified atom stereocenters. The monoisotopic (exact) mass is 270 g/mol. The molecule has 1 heterocycles. The molecule has 0 aromatic heterocycles. The maximum absolute atomic E-state index is 12.2. The maximum Gasteiger partial charge on any atom is 0.471 e. The second kappa shape index (κ2) is 4.23. The highest BCUT2D eigenvalue weighted by molar-refractivity contribution is 5.95. The fourth-order valence-electron chi connectivity index (χ4n) is 2.40. The molecule has 0 atom stereocenters. The summed E-state index contributed by atoms with van der Waals surface area (Å²) in [6, 6.07) is 5.59. The average Bonchev–Trinajstić information content (AvgIpc) is 3.08. The summed E-state index contributed by atoms with van der Waals surface area (Å²) in [4.78, 5) is 13.2. The van der Waals surface area contributed by atoms with E-state index >= 15 is 0 Å². The van der Waals surface area contributed by atoms with Gasteiger partial charge in [-0.1, -0.05) is 6.07 Å². The molecule has 102 valence electrons. The molecule has 0 radical (unpaired) electrons. The van der Waals surface area contributed by atoms with Crippen LogP contribution in [0, 0.1) is 0 Å². The molecule has 0 bridgehead atoms. The van der Waals surface area contributed by atoms with Gasteiger partial charge in [0.2, 0.25) is 0 Å². The molecule has 1 fully saturated rings. The first-order valence-corrected chi connectivity index (χ1v) is 6.17. The van der Waals surface area contributed by atoms with Crippen LogP contribution in [0.1, 0.15) is 24.0 Å². The van der Waals surface area contributed by atoms with Gasteiger partial charge in [0.1, 0.15) is 0 Å². The molecule has 1 aromatic carbocycles. The first-order valence-electron chi connectivity index (χ1n) is 6.17. The van der Waals surface area contributed by atoms with Crippen LogP contribution < -0.4 is 5.32 Å². The molecule has 1 aliphatic heterocycles. The first kappa shape index (κ1) is 12.5. The summed E-state index contributed by atoms with van der Waals surface area (Å²) >= 11 is 0. The third kappa shape index (κ3) is 2.58. The molecule has 1 N–H and O–H groups in total. The second-order valence-electron chi connectivity index (χ2n) is 5.07. The number of hydrogen-bond acceptors (Lipinski definition) is 2. The lowest BCUT2D eigenvalue weighted by Gasteiger charge is -2.12. The van der Waals surface area contributed by atoms with Crippen LogP contribution in [0.15, 0.2) is 18.2 Å². The van der Waals surface area contributed by atoms with Gasteiger partial charge >= 0.3 is 12.1 Å². The molecule has 6 heteroatoms. The summed E-state index contributed by atoms with van der Waals surface area (Å²) in [7, 11) is 0. The van der Waals surface area contributed by atoms with Gasteiger partial charge in [-0.05, 0) is 36.1 Å². The van der Waals surface area contributed by atoms with Crippen LogP contribution >= 0.6 is 0 Å². The van der Waals surface area contributed by atoms with E-state index < -0.39 is 12.1 Å². The van der Waals surface area contributed by atoms with Gasteiger partial charge < -0.3 is 5.32 Å². The van der Waals surface area contributed by atoms with Crippen LogP contribution in [-0.4, -0.2) is 23.0 Å². The van der Waals surface area contributed by atoms with Crippen molar-refractivity contribution in [3.63, 3.8) is 0 Å². The molecule has 0 saturated heterocycles. The Labute approximate surface area is 108 Å². The van der Waals surface area contributed by atoms with Gasteiger partial charge in [-0.25, -0.2) is 0 Å². The summed E-state index contributed by atoms with van der Waals surface area (Å²) in [5, 5.41) is 1.89. The number of amides is 1. The van der Waals surface area contributed by atoms with Crippen LogP contribution in [-0.2, 0) is 17.9 Å². The number of anilines is 1. The van der Waals surface area contributed by atoms with E-state index in [4.69, 9.17) is 0 Å². The summed E-state index contributed by atoms with van der Waals surface area (Å²) in [5.41, 5.74) is 2.35. The van der Waals surface area contributed by atoms with E-state index in [9.17, 15) is 18.0 Å². The molecule has 1 amide bonds. The predicted octanol–water partition coefficient (Wildman–Crippen LogP) is 2.67. The van der Waals surface area contributed by atoms with E-state index in [1.165, 1.54) is 18.9 Å². The van der Waals surface area contributed by atoms with Crippen molar-refractivity contribution in [1.29, 1.82) is 0 Å². The van der Waals surface area contributed by atoms with Crippen LogP contribution in [0.3, 0.4) is 0 Å². The van der Waals surface area contributed by atoms with E-state index in [-0.39, 0.29) is 5.69 Å². The Balaban J connectivity index is 1.73. The van der Waals surface area contributed by atoms with Gasteiger partial charge in [-0.15, -0.1) is 0 Å². The number of nitrogens with one attached hydrogen (secondary N) is 1. The standard InChI is InChI=1S/C13H13F3N2O/c14-13(15,16)12(19)17-10-2-1-8-6-18(11-3-4-11)7-9(8)5-10/h1-2,5,11H,3-4,6-7H2,(H,17,19). The third-order valence-electron chi connectivity index (χ3n) is 3.53. The van der Waals surface area contributed by atoms with Gasteiger partial charge in [0.25, 0.3) is 0 Å². The Morgan fingerprint density at radius 3 is 2.53 bits per heavy atom. The Kier molecular flexibility index (Phi) is 2.78. The third-order valence-corrected chi connectivity index (χ3v) is 3.53. The SMILES string of the molecule is O=C(Nc1ccc2c(c1)CN(C1CC1)C2)C(F)(F)F. The maximum atomic E-state index is 12.2. The second-order valence-corrected chi connectivity index (χ2v) is 5.07. The van der Waals surface area contributed by atoms with E-state index in [2.05, 4.69) is 4.90 Å². The van der Waals surface area contributed by atoms with Crippen molar-refractivity contribution in [1.82, 2.24) is 4.90 Å². The van der Waals surface area contributed by atoms with Gasteiger partial charge in [0.05, 0.1) is 0 Å². The number of halogens is 3. The highest BCUT2D eigenvalue weighted by Crippen LogP contribution is 2.35. The van der Waals surface area contributed by atoms with E-state index in [1.807, 2.05) is 5.32 Å². The topological polar surface area (TPSA) is 32.3 Å². The number of carbonyl (C=O) groups excluding carboxylic acids is 1. The first-order chi connectivity index (χ1) is 8.93. The van der Waals surface area contributed by atoms with Crippen LogP contribution in [0.4, 0.5) is 18.9 Å². The summed E-state index contributed by atoms with van der Waals surface area (Å²) in [6.07, 6.45) is -2.45. The summed E-state index contributed by atoms with van der Waals surface area (Å²) < 4.78 is 36.5. The number of benzene rings is 1. The fraction of sp³-hybridized carbons (Fsp3) is 0.462. The molecule has 3 nitrogen and oxygen atoms in total. The highest BCUT2D eigenvalue weighted by atomic mass is 19.4. The lowest BCUT2D eigenvalue weighted by Crippen LogP contribution is -2.29. The van der Waals surface area contributed by atoms with E-state index in [0.717, 1.165) is 24.2 Å². The van der Waals surface area contributed by atoms with Crippen LogP contribution in [0.5, 0.6) is 0 Å². The van der Waals surface area contributed by atoms with Crippen molar-refractivity contribution in [2.45, 2.75) is 38.1 Å². The molecular weight excluding hydrogens is 257 g/mol. The van der Waals surface area contributed by atoms with Gasteiger partial charge in [-0.3, -0.25) is 9.69 Å². The van der Waals surface area contributed by atoms with E-state index in [0.29, 0.717) is 6.04 Å². The molecule has 19 heavy (non-hydrogen) atoms. The lowest BCUT2D eigenvalue weighted by molar-refractivity contribution is -0.167. The Morgan fingerprint density at radius 1 is 1.21 bits per heavy atom. The van der Waals surface area contributed by atoms with Gasteiger partial charge in [0, 0.05) is 24.8 Å². The molecule has 1 saturated carbocycles. The van der Waals surface area contributed by atoms with E-state index in [1.54, 1.807) is 12.1 Å². The molecular formula is C13H13F3N2O. The van der Waals surface area contributed by atoms with Crippen LogP contribution in [0.25, 0.3) is 0 Å². The minimum atomic E-state index is -4.85. The fourth-order valence-corrected chi connectivity index (χ4v) is 2.40. The number of alkyl halides is 3. The van der Waals surface area contributed by atoms with Crippen molar-refractivity contribution in [2.24, 2.45) is 0 Å². The molecule has 3 rings (SSSR count). The Morgan fingerprint density at radius 2 is 1.89 bits per heavy atom. The highest BCUT2D eigenvalue weighted by Gasteiger charge is 2.39. The number of fused-ring (bicyclic) bond motifs is 1. The predicted molar refractivity (Wildman–Crippen MR) is 63.4 cm³/mol. The van der Waals surface area contributed by atoms with Crippen LogP contribution in [0.2, 0.25) is 0 Å². The minimum absolute atomic E-state index is 0.207. The van der Waals surface area contributed by atoms with Crippen molar-refractivity contribution in [3.8, 4) is 0 Å². The zero-order chi connectivity index (χ0) is 13.6. The molecule has 1 aromatic rings. The van der Waals surface area contributed by atoms with Crippen molar-refractivity contribution >= 4 is 11.6 Å². The van der Waals surface area contributed by atoms with Crippen molar-refractivity contribution in [2.75, 3.05) is 5.32 Å². The lowest BCUT2D eigenvalue weighted by atomic mass is 10.1. The Bertz CT molecular complexity index is 523. The number of nitrogens with zero attached hydrogens (tertiary/aromatic N) is 1. The Hall–Kier alpha value is -1.56. The van der Waals surface area contributed by atoms with Gasteiger partial charge in [-0.2, -0.15) is 13.2 Å². The van der Waals surface area contributed by atoms with Crippen molar-refractivity contribution < 1.29 is 18.0 Å². The molecule has 2 aliphatic rings. The quantitative estimate of drug-likeness (QED) is 0.896. The number of carbonyl (C=O) groups is 1. The molecule has 1 aliphatic carbocycles. The van der Waals surface area contributed by atoms with Gasteiger partial charge in [0.15, 0.2) is 0 Å². The number of rotatable bonds is 2. The van der Waals surface area contributed by atoms with Crippen molar-refractivity contribution in [3.05, 3.63) is 29.3 Å². The number of hydrogen-bond donors (Lipinski definition) is 1.